The van der Waals surface area contributed by atoms with E-state index in [1.165, 1.54) is 22.2 Å². The SMILES string of the molecule is Oc1cccc([C@@]23CCN(Cc4ccccc4)C[C@@]2(O)Cc2c([nH]c4cc(Br)ccc24)C3)c1. The molecule has 6 rings (SSSR count). The Balaban J connectivity index is 1.46. The molecule has 1 aliphatic heterocycles. The molecule has 2 atom stereocenters. The fraction of sp³-hybridized carbons (Fsp3) is 0.286. The zero-order valence-corrected chi connectivity index (χ0v) is 20.0. The lowest BCUT2D eigenvalue weighted by molar-refractivity contribution is -0.105. The Morgan fingerprint density at radius 2 is 1.82 bits per heavy atom. The number of benzene rings is 3. The lowest BCUT2D eigenvalue weighted by Gasteiger charge is -2.56. The number of rotatable bonds is 3. The normalized spacial score (nSPS) is 25.0. The number of aliphatic hydroxyl groups is 1. The summed E-state index contributed by atoms with van der Waals surface area (Å²) >= 11 is 3.59. The van der Waals surface area contributed by atoms with Crippen LogP contribution in [0.15, 0.2) is 77.3 Å². The summed E-state index contributed by atoms with van der Waals surface area (Å²) in [6.45, 7) is 2.32. The predicted molar refractivity (Wildman–Crippen MR) is 134 cm³/mol. The van der Waals surface area contributed by atoms with Crippen molar-refractivity contribution < 1.29 is 10.2 Å². The van der Waals surface area contributed by atoms with Crippen molar-refractivity contribution in [1.29, 1.82) is 0 Å². The first kappa shape index (κ1) is 21.0. The van der Waals surface area contributed by atoms with Crippen molar-refractivity contribution in [3.8, 4) is 5.75 Å². The molecule has 1 aromatic heterocycles. The molecule has 2 heterocycles. The summed E-state index contributed by atoms with van der Waals surface area (Å²) in [5.41, 5.74) is 4.41. The van der Waals surface area contributed by atoms with Crippen LogP contribution in [0.25, 0.3) is 10.9 Å². The minimum atomic E-state index is -0.941. The van der Waals surface area contributed by atoms with Crippen molar-refractivity contribution in [2.75, 3.05) is 13.1 Å². The van der Waals surface area contributed by atoms with Gasteiger partial charge >= 0.3 is 0 Å². The van der Waals surface area contributed by atoms with Crippen LogP contribution in [0.1, 0.15) is 28.8 Å². The molecule has 1 saturated heterocycles. The Kier molecular flexibility index (Phi) is 4.91. The second-order valence-corrected chi connectivity index (χ2v) is 10.7. The summed E-state index contributed by atoms with van der Waals surface area (Å²) in [5.74, 6) is 0.252. The molecule has 2 aliphatic rings. The number of aromatic nitrogens is 1. The van der Waals surface area contributed by atoms with Crippen molar-refractivity contribution in [3.63, 3.8) is 0 Å². The number of H-pyrrole nitrogens is 1. The highest BCUT2D eigenvalue weighted by Crippen LogP contribution is 2.52. The van der Waals surface area contributed by atoms with Gasteiger partial charge in [0.25, 0.3) is 0 Å². The number of aromatic hydroxyl groups is 1. The van der Waals surface area contributed by atoms with Gasteiger partial charge in [-0.2, -0.15) is 0 Å². The largest absolute Gasteiger partial charge is 0.508 e. The Morgan fingerprint density at radius 3 is 2.64 bits per heavy atom. The van der Waals surface area contributed by atoms with Gasteiger partial charge in [0.1, 0.15) is 5.75 Å². The molecular formula is C28H27BrN2O2. The maximum Gasteiger partial charge on any atom is 0.115 e. The maximum atomic E-state index is 12.5. The van der Waals surface area contributed by atoms with Gasteiger partial charge in [0.05, 0.1) is 5.60 Å². The molecule has 168 valence electrons. The minimum Gasteiger partial charge on any atom is -0.508 e. The van der Waals surface area contributed by atoms with Crippen LogP contribution in [0.5, 0.6) is 5.75 Å². The fourth-order valence-electron chi connectivity index (χ4n) is 6.19. The first-order chi connectivity index (χ1) is 16.0. The van der Waals surface area contributed by atoms with Gasteiger partial charge in [-0.05, 0) is 53.9 Å². The molecule has 0 saturated carbocycles. The van der Waals surface area contributed by atoms with Crippen molar-refractivity contribution in [3.05, 3.63) is 99.7 Å². The topological polar surface area (TPSA) is 59.5 Å². The van der Waals surface area contributed by atoms with Crippen LogP contribution >= 0.6 is 15.9 Å². The molecule has 0 bridgehead atoms. The summed E-state index contributed by atoms with van der Waals surface area (Å²) < 4.78 is 1.04. The van der Waals surface area contributed by atoms with Gasteiger partial charge < -0.3 is 15.2 Å². The maximum absolute atomic E-state index is 12.5. The molecule has 5 heteroatoms. The number of hydrogen-bond acceptors (Lipinski definition) is 3. The van der Waals surface area contributed by atoms with Gasteiger partial charge in [-0.1, -0.05) is 64.5 Å². The third-order valence-electron chi connectivity index (χ3n) is 7.78. The molecule has 3 aromatic carbocycles. The fourth-order valence-corrected chi connectivity index (χ4v) is 6.55. The van der Waals surface area contributed by atoms with Gasteiger partial charge in [-0.15, -0.1) is 0 Å². The van der Waals surface area contributed by atoms with E-state index in [2.05, 4.69) is 74.3 Å². The molecule has 33 heavy (non-hydrogen) atoms. The van der Waals surface area contributed by atoms with Crippen LogP contribution in [-0.4, -0.2) is 38.8 Å². The summed E-state index contributed by atoms with van der Waals surface area (Å²) in [7, 11) is 0. The van der Waals surface area contributed by atoms with Gasteiger partial charge in [0, 0.05) is 52.4 Å². The molecule has 0 spiro atoms. The van der Waals surface area contributed by atoms with E-state index in [0.29, 0.717) is 13.0 Å². The number of fused-ring (bicyclic) bond motifs is 4. The molecule has 0 radical (unpaired) electrons. The van der Waals surface area contributed by atoms with E-state index in [1.807, 2.05) is 18.2 Å². The number of nitrogens with one attached hydrogen (secondary N) is 1. The number of β-amino-alcohol motifs (C(OH)–C–C–N with tert-alkyl or cyclic N) is 1. The van der Waals surface area contributed by atoms with E-state index in [-0.39, 0.29) is 5.75 Å². The standard InChI is InChI=1S/C28H27BrN2O2/c29-21-9-10-23-24-15-28(33)18-31(17-19-5-2-1-3-6-19)12-11-27(28,16-26(24)30-25(23)14-21)20-7-4-8-22(32)13-20/h1-10,13-14,30,32-33H,11-12,15-18H2/t27-,28-/m0/s1. The molecule has 4 aromatic rings. The van der Waals surface area contributed by atoms with Crippen LogP contribution in [0.3, 0.4) is 0 Å². The highest BCUT2D eigenvalue weighted by atomic mass is 79.9. The number of phenols is 1. The number of likely N-dealkylation sites (tertiary alicyclic amines) is 1. The third kappa shape index (κ3) is 3.41. The number of piperidine rings is 1. The van der Waals surface area contributed by atoms with E-state index in [9.17, 15) is 10.2 Å². The Morgan fingerprint density at radius 1 is 0.970 bits per heavy atom. The third-order valence-corrected chi connectivity index (χ3v) is 8.28. The Labute approximate surface area is 202 Å². The second-order valence-electron chi connectivity index (χ2n) is 9.74. The number of aromatic amines is 1. The lowest BCUT2D eigenvalue weighted by atomic mass is 9.56. The van der Waals surface area contributed by atoms with Crippen molar-refractivity contribution >= 4 is 26.8 Å². The van der Waals surface area contributed by atoms with Gasteiger partial charge in [0.15, 0.2) is 0 Å². The predicted octanol–water partition coefficient (Wildman–Crippen LogP) is 5.31. The van der Waals surface area contributed by atoms with Crippen LogP contribution in [0, 0.1) is 0 Å². The highest BCUT2D eigenvalue weighted by Gasteiger charge is 2.57. The van der Waals surface area contributed by atoms with Crippen molar-refractivity contribution in [1.82, 2.24) is 9.88 Å². The van der Waals surface area contributed by atoms with Gasteiger partial charge in [-0.25, -0.2) is 0 Å². The summed E-state index contributed by atoms with van der Waals surface area (Å²) in [6, 6.07) is 24.3. The minimum absolute atomic E-state index is 0.252. The smallest absolute Gasteiger partial charge is 0.115 e. The Bertz CT molecular complexity index is 1330. The van der Waals surface area contributed by atoms with E-state index < -0.39 is 11.0 Å². The van der Waals surface area contributed by atoms with Crippen LogP contribution in [0.4, 0.5) is 0 Å². The molecule has 0 unspecified atom stereocenters. The van der Waals surface area contributed by atoms with Crippen molar-refractivity contribution in [2.24, 2.45) is 0 Å². The van der Waals surface area contributed by atoms with E-state index >= 15 is 0 Å². The van der Waals surface area contributed by atoms with Crippen LogP contribution in [0.2, 0.25) is 0 Å². The number of hydrogen-bond donors (Lipinski definition) is 3. The summed E-state index contributed by atoms with van der Waals surface area (Å²) in [5, 5.41) is 23.9. The van der Waals surface area contributed by atoms with E-state index in [4.69, 9.17) is 0 Å². The van der Waals surface area contributed by atoms with Crippen molar-refractivity contribution in [2.45, 2.75) is 36.8 Å². The Hall–Kier alpha value is -2.60. The lowest BCUT2D eigenvalue weighted by Crippen LogP contribution is -2.66. The monoisotopic (exact) mass is 502 g/mol. The molecular weight excluding hydrogens is 476 g/mol. The first-order valence-corrected chi connectivity index (χ1v) is 12.3. The average molecular weight is 503 g/mol. The molecule has 0 amide bonds. The van der Waals surface area contributed by atoms with Crippen LogP contribution in [-0.2, 0) is 24.8 Å². The van der Waals surface area contributed by atoms with Crippen LogP contribution < -0.4 is 0 Å². The zero-order chi connectivity index (χ0) is 22.6. The summed E-state index contributed by atoms with van der Waals surface area (Å²) in [6.07, 6.45) is 2.15. The van der Waals surface area contributed by atoms with Gasteiger partial charge in [0.2, 0.25) is 0 Å². The highest BCUT2D eigenvalue weighted by molar-refractivity contribution is 9.10. The molecule has 1 fully saturated rings. The number of nitrogens with zero attached hydrogens (tertiary/aromatic N) is 1. The first-order valence-electron chi connectivity index (χ1n) is 11.5. The summed E-state index contributed by atoms with van der Waals surface area (Å²) in [4.78, 5) is 6.03. The van der Waals surface area contributed by atoms with Gasteiger partial charge in [-0.3, -0.25) is 4.90 Å². The van der Waals surface area contributed by atoms with E-state index in [0.717, 1.165) is 41.5 Å². The second kappa shape index (κ2) is 7.73. The zero-order valence-electron chi connectivity index (χ0n) is 18.4. The molecule has 3 N–H and O–H groups in total. The van der Waals surface area contributed by atoms with E-state index in [1.54, 1.807) is 6.07 Å². The number of phenolic OH excluding ortho intramolecular Hbond substituents is 1. The molecule has 1 aliphatic carbocycles. The quantitative estimate of drug-likeness (QED) is 0.355. The number of halogens is 1. The molecule has 4 nitrogen and oxygen atoms in total. The average Bonchev–Trinajstić information content (AvgIpc) is 3.13.